The lowest BCUT2D eigenvalue weighted by molar-refractivity contribution is -0.132. The molecule has 0 amide bonds. The third-order valence-corrected chi connectivity index (χ3v) is 6.29. The monoisotopic (exact) mass is 437 g/mol. The molecule has 4 aromatic rings. The number of para-hydroxylation sites is 1. The zero-order valence-electron chi connectivity index (χ0n) is 17.9. The highest BCUT2D eigenvalue weighted by Crippen LogP contribution is 2.44. The highest BCUT2D eigenvalue weighted by atomic mass is 16.4. The molecule has 0 radical (unpaired) electrons. The molecule has 7 nitrogen and oxygen atoms in total. The molecule has 2 heterocycles. The Kier molecular flexibility index (Phi) is 4.55. The van der Waals surface area contributed by atoms with Gasteiger partial charge >= 0.3 is 5.97 Å². The van der Waals surface area contributed by atoms with E-state index >= 15 is 0 Å². The van der Waals surface area contributed by atoms with Crippen molar-refractivity contribution in [3.8, 4) is 6.07 Å². The normalized spacial score (nSPS) is 15.3. The number of benzene rings is 3. The van der Waals surface area contributed by atoms with Crippen LogP contribution in [0.15, 0.2) is 65.0 Å². The van der Waals surface area contributed by atoms with Crippen molar-refractivity contribution in [3.05, 3.63) is 87.1 Å². The number of aliphatic carboxylic acids is 1. The van der Waals surface area contributed by atoms with E-state index in [-0.39, 0.29) is 5.43 Å². The minimum absolute atomic E-state index is 0.202. The molecule has 0 spiro atoms. The van der Waals surface area contributed by atoms with Crippen molar-refractivity contribution in [2.45, 2.75) is 6.10 Å². The lowest BCUT2D eigenvalue weighted by Crippen LogP contribution is -2.22. The Hall–Kier alpha value is -4.41. The van der Waals surface area contributed by atoms with Crippen LogP contribution in [0.25, 0.3) is 27.9 Å². The van der Waals surface area contributed by atoms with Crippen molar-refractivity contribution >= 4 is 45.2 Å². The standard InChI is InChI=1S/C26H19N3O4/c1-28-20-6-4-3-5-16(20)24(30)18-11-23-19(12-22(18)28)25(31)17-10-14(7-8-21(17)29(23)2)9-15(13-27)26(32)33/h3-12,24,30H,1-2H3,(H,32,33)/b15-9+. The molecule has 7 heteroatoms. The topological polar surface area (TPSA) is 107 Å². The summed E-state index contributed by atoms with van der Waals surface area (Å²) in [5.74, 6) is -1.32. The number of aromatic nitrogens is 1. The lowest BCUT2D eigenvalue weighted by atomic mass is 9.91. The molecule has 0 saturated carbocycles. The molecule has 162 valence electrons. The first kappa shape index (κ1) is 20.5. The molecule has 1 aromatic heterocycles. The number of carboxylic acid groups (broad SMARTS) is 1. The van der Waals surface area contributed by atoms with Crippen LogP contribution in [-0.4, -0.2) is 27.8 Å². The number of nitrogens with zero attached hydrogens (tertiary/aromatic N) is 3. The van der Waals surface area contributed by atoms with Gasteiger partial charge in [-0.15, -0.1) is 0 Å². The molecule has 33 heavy (non-hydrogen) atoms. The average Bonchev–Trinajstić information content (AvgIpc) is 2.83. The summed E-state index contributed by atoms with van der Waals surface area (Å²) in [6.07, 6.45) is 0.440. The molecule has 0 aliphatic carbocycles. The molecule has 0 saturated heterocycles. The number of rotatable bonds is 2. The predicted octanol–water partition coefficient (Wildman–Crippen LogP) is 3.85. The molecule has 5 rings (SSSR count). The first-order chi connectivity index (χ1) is 15.8. The summed E-state index contributed by atoms with van der Waals surface area (Å²) in [6.45, 7) is 0. The van der Waals surface area contributed by atoms with Gasteiger partial charge in [-0.2, -0.15) is 5.26 Å². The first-order valence-corrected chi connectivity index (χ1v) is 10.3. The summed E-state index contributed by atoms with van der Waals surface area (Å²) in [7, 11) is 3.75. The summed E-state index contributed by atoms with van der Waals surface area (Å²) in [5, 5.41) is 30.1. The molecule has 1 unspecified atom stereocenters. The molecular formula is C26H19N3O4. The van der Waals surface area contributed by atoms with Gasteiger partial charge in [-0.25, -0.2) is 4.79 Å². The number of pyridine rings is 1. The largest absolute Gasteiger partial charge is 0.477 e. The fourth-order valence-electron chi connectivity index (χ4n) is 4.58. The van der Waals surface area contributed by atoms with Gasteiger partial charge in [0.1, 0.15) is 17.7 Å². The number of nitriles is 1. The minimum atomic E-state index is -1.32. The van der Waals surface area contributed by atoms with Crippen molar-refractivity contribution in [2.24, 2.45) is 7.05 Å². The van der Waals surface area contributed by atoms with Gasteiger partial charge in [-0.05, 0) is 42.0 Å². The van der Waals surface area contributed by atoms with Crippen LogP contribution in [0.3, 0.4) is 0 Å². The van der Waals surface area contributed by atoms with Gasteiger partial charge in [0, 0.05) is 47.4 Å². The molecule has 1 aliphatic rings. The number of carboxylic acids is 1. The van der Waals surface area contributed by atoms with Crippen LogP contribution in [0.4, 0.5) is 11.4 Å². The van der Waals surface area contributed by atoms with E-state index in [0.717, 1.165) is 22.5 Å². The van der Waals surface area contributed by atoms with Gasteiger partial charge in [0.2, 0.25) is 0 Å². The third-order valence-electron chi connectivity index (χ3n) is 6.29. The predicted molar refractivity (Wildman–Crippen MR) is 126 cm³/mol. The Labute approximate surface area is 188 Å². The Balaban J connectivity index is 1.79. The minimum Gasteiger partial charge on any atom is -0.477 e. The number of aliphatic hydroxyl groups is 1. The van der Waals surface area contributed by atoms with Crippen LogP contribution in [0.5, 0.6) is 0 Å². The summed E-state index contributed by atoms with van der Waals surface area (Å²) >= 11 is 0. The number of anilines is 2. The second kappa shape index (κ2) is 7.33. The average molecular weight is 437 g/mol. The van der Waals surface area contributed by atoms with Crippen molar-refractivity contribution in [2.75, 3.05) is 11.9 Å². The Morgan fingerprint density at radius 3 is 2.45 bits per heavy atom. The van der Waals surface area contributed by atoms with Crippen molar-refractivity contribution in [1.82, 2.24) is 4.57 Å². The Bertz CT molecular complexity index is 1630. The lowest BCUT2D eigenvalue weighted by Gasteiger charge is -2.33. The maximum Gasteiger partial charge on any atom is 0.346 e. The number of carbonyl (C=O) groups is 1. The quantitative estimate of drug-likeness (QED) is 0.280. The van der Waals surface area contributed by atoms with E-state index in [1.165, 1.54) is 6.08 Å². The molecule has 1 atom stereocenters. The summed E-state index contributed by atoms with van der Waals surface area (Å²) < 4.78 is 1.88. The highest BCUT2D eigenvalue weighted by Gasteiger charge is 2.28. The number of hydrogen-bond acceptors (Lipinski definition) is 5. The highest BCUT2D eigenvalue weighted by molar-refractivity contribution is 5.99. The molecule has 0 fully saturated rings. The van der Waals surface area contributed by atoms with Crippen LogP contribution >= 0.6 is 0 Å². The van der Waals surface area contributed by atoms with Crippen molar-refractivity contribution in [1.29, 1.82) is 5.26 Å². The first-order valence-electron chi connectivity index (χ1n) is 10.3. The van der Waals surface area contributed by atoms with Gasteiger partial charge in [-0.1, -0.05) is 24.3 Å². The maximum atomic E-state index is 13.5. The second-order valence-corrected chi connectivity index (χ2v) is 8.09. The van der Waals surface area contributed by atoms with Gasteiger partial charge in [0.15, 0.2) is 5.43 Å². The van der Waals surface area contributed by atoms with E-state index in [9.17, 15) is 14.7 Å². The van der Waals surface area contributed by atoms with Gasteiger partial charge in [0.05, 0.1) is 11.0 Å². The third kappa shape index (κ3) is 3.00. The second-order valence-electron chi connectivity index (χ2n) is 8.09. The zero-order chi connectivity index (χ0) is 23.4. The summed E-state index contributed by atoms with van der Waals surface area (Å²) in [4.78, 5) is 26.7. The zero-order valence-corrected chi connectivity index (χ0v) is 17.9. The van der Waals surface area contributed by atoms with E-state index in [1.807, 2.05) is 53.9 Å². The number of aliphatic hydroxyl groups excluding tert-OH is 1. The van der Waals surface area contributed by atoms with Gasteiger partial charge in [-0.3, -0.25) is 4.79 Å². The fraction of sp³-hybridized carbons (Fsp3) is 0.115. The van der Waals surface area contributed by atoms with Crippen molar-refractivity contribution in [3.63, 3.8) is 0 Å². The van der Waals surface area contributed by atoms with Crippen LogP contribution in [0, 0.1) is 11.3 Å². The number of fused-ring (bicyclic) bond motifs is 4. The molecule has 3 aromatic carbocycles. The number of hydrogen-bond donors (Lipinski definition) is 2. The van der Waals surface area contributed by atoms with E-state index < -0.39 is 17.6 Å². The van der Waals surface area contributed by atoms with E-state index in [1.54, 1.807) is 30.3 Å². The summed E-state index contributed by atoms with van der Waals surface area (Å²) in [5.41, 5.74) is 4.35. The Morgan fingerprint density at radius 1 is 1.00 bits per heavy atom. The van der Waals surface area contributed by atoms with Crippen LogP contribution in [-0.2, 0) is 11.8 Å². The summed E-state index contributed by atoms with van der Waals surface area (Å²) in [6, 6.07) is 17.9. The van der Waals surface area contributed by atoms with Crippen molar-refractivity contribution < 1.29 is 15.0 Å². The molecular weight excluding hydrogens is 418 g/mol. The smallest absolute Gasteiger partial charge is 0.346 e. The SMILES string of the molecule is CN1c2ccccc2C(O)c2cc3c(cc21)c(=O)c1cc(/C=C(\C#N)C(=O)O)ccc1n3C. The fourth-order valence-corrected chi connectivity index (χ4v) is 4.58. The van der Waals surface area contributed by atoms with E-state index in [2.05, 4.69) is 0 Å². The molecule has 1 aliphatic heterocycles. The van der Waals surface area contributed by atoms with Gasteiger partial charge < -0.3 is 19.7 Å². The Morgan fingerprint density at radius 2 is 1.73 bits per heavy atom. The van der Waals surface area contributed by atoms with Gasteiger partial charge in [0.25, 0.3) is 0 Å². The number of aryl methyl sites for hydroxylation is 1. The van der Waals surface area contributed by atoms with E-state index in [0.29, 0.717) is 27.4 Å². The van der Waals surface area contributed by atoms with Crippen LogP contribution < -0.4 is 10.3 Å². The maximum absolute atomic E-state index is 13.5. The molecule has 2 N–H and O–H groups in total. The molecule has 0 bridgehead atoms. The van der Waals surface area contributed by atoms with E-state index in [4.69, 9.17) is 10.4 Å². The van der Waals surface area contributed by atoms with Crippen LogP contribution in [0.1, 0.15) is 22.8 Å². The van der Waals surface area contributed by atoms with Crippen LogP contribution in [0.2, 0.25) is 0 Å².